The molecule has 0 aromatic heterocycles. The molecule has 0 fully saturated rings. The van der Waals surface area contributed by atoms with Gasteiger partial charge in [0, 0.05) is 24.3 Å². The summed E-state index contributed by atoms with van der Waals surface area (Å²) in [5.41, 5.74) is 0.605. The van der Waals surface area contributed by atoms with E-state index in [1.54, 1.807) is 31.4 Å². The van der Waals surface area contributed by atoms with Crippen molar-refractivity contribution in [3.8, 4) is 11.8 Å². The van der Waals surface area contributed by atoms with Gasteiger partial charge in [0.2, 0.25) is 0 Å². The highest BCUT2D eigenvalue weighted by molar-refractivity contribution is 6.17. The van der Waals surface area contributed by atoms with Crippen molar-refractivity contribution in [3.63, 3.8) is 0 Å². The summed E-state index contributed by atoms with van der Waals surface area (Å²) in [6.45, 7) is 0.616. The van der Waals surface area contributed by atoms with Crippen molar-refractivity contribution in [1.29, 1.82) is 5.26 Å². The number of ether oxygens (including phenoxy) is 1. The van der Waals surface area contributed by atoms with Gasteiger partial charge >= 0.3 is 0 Å². The number of rotatable bonds is 7. The Kier molecular flexibility index (Phi) is 7.01. The van der Waals surface area contributed by atoms with Gasteiger partial charge in [-0.3, -0.25) is 4.79 Å². The molecule has 20 heavy (non-hydrogen) atoms. The molecule has 0 atom stereocenters. The summed E-state index contributed by atoms with van der Waals surface area (Å²) in [4.78, 5) is 11.9. The molecule has 6 heteroatoms. The van der Waals surface area contributed by atoms with E-state index >= 15 is 0 Å². The summed E-state index contributed by atoms with van der Waals surface area (Å²) < 4.78 is 5.02. The number of halogens is 1. The first-order valence-corrected chi connectivity index (χ1v) is 6.59. The Hall–Kier alpha value is -2.19. The summed E-state index contributed by atoms with van der Waals surface area (Å²) >= 11 is 5.53. The predicted molar refractivity (Wildman–Crippen MR) is 78.7 cm³/mol. The van der Waals surface area contributed by atoms with E-state index in [2.05, 4.69) is 10.6 Å². The van der Waals surface area contributed by atoms with Crippen LogP contribution in [0.25, 0.3) is 0 Å². The lowest BCUT2D eigenvalue weighted by Crippen LogP contribution is -2.17. The fourth-order valence-corrected chi connectivity index (χ4v) is 1.50. The van der Waals surface area contributed by atoms with Crippen LogP contribution in [-0.2, 0) is 4.79 Å². The molecular formula is C14H16ClN3O2. The third kappa shape index (κ3) is 5.21. The first-order valence-electron chi connectivity index (χ1n) is 6.06. The third-order valence-electron chi connectivity index (χ3n) is 2.41. The van der Waals surface area contributed by atoms with Crippen molar-refractivity contribution >= 4 is 23.2 Å². The van der Waals surface area contributed by atoms with Gasteiger partial charge in [0.1, 0.15) is 17.4 Å². The Bertz CT molecular complexity index is 506. The van der Waals surface area contributed by atoms with E-state index in [4.69, 9.17) is 21.6 Å². The number of carbonyl (C=O) groups excluding carboxylic acids is 1. The van der Waals surface area contributed by atoms with Gasteiger partial charge in [-0.25, -0.2) is 0 Å². The Morgan fingerprint density at radius 2 is 2.15 bits per heavy atom. The molecule has 106 valence electrons. The second-order valence-corrected chi connectivity index (χ2v) is 4.23. The number of amides is 1. The van der Waals surface area contributed by atoms with Crippen LogP contribution in [0.4, 0.5) is 5.69 Å². The molecule has 0 radical (unpaired) electrons. The van der Waals surface area contributed by atoms with Crippen LogP contribution in [0, 0.1) is 11.3 Å². The van der Waals surface area contributed by atoms with E-state index in [-0.39, 0.29) is 5.57 Å². The summed E-state index contributed by atoms with van der Waals surface area (Å²) in [7, 11) is 1.57. The van der Waals surface area contributed by atoms with Gasteiger partial charge in [-0.15, -0.1) is 11.6 Å². The average Bonchev–Trinajstić information content (AvgIpc) is 2.48. The molecule has 0 bridgehead atoms. The molecule has 0 unspecified atom stereocenters. The van der Waals surface area contributed by atoms with E-state index in [9.17, 15) is 4.79 Å². The minimum absolute atomic E-state index is 0.00962. The van der Waals surface area contributed by atoms with Gasteiger partial charge in [-0.2, -0.15) is 5.26 Å². The Balaban J connectivity index is 2.60. The minimum atomic E-state index is -0.462. The standard InChI is InChI=1S/C14H16ClN3O2/c1-20-13-5-3-12(4-6-13)18-14(19)11(9-16)10-17-8-2-7-15/h3-6,10,17H,2,7-8H2,1H3,(H,18,19)/b11-10-. The topological polar surface area (TPSA) is 74.1 Å². The lowest BCUT2D eigenvalue weighted by atomic mass is 10.2. The van der Waals surface area contributed by atoms with Crippen molar-refractivity contribution in [3.05, 3.63) is 36.0 Å². The molecule has 2 N–H and O–H groups in total. The van der Waals surface area contributed by atoms with Gasteiger partial charge in [-0.05, 0) is 30.7 Å². The van der Waals surface area contributed by atoms with Crippen LogP contribution in [0.5, 0.6) is 5.75 Å². The number of alkyl halides is 1. The minimum Gasteiger partial charge on any atom is -0.497 e. The van der Waals surface area contributed by atoms with Crippen LogP contribution in [0.15, 0.2) is 36.0 Å². The first-order chi connectivity index (χ1) is 9.71. The van der Waals surface area contributed by atoms with Crippen molar-refractivity contribution in [1.82, 2.24) is 5.32 Å². The smallest absolute Gasteiger partial charge is 0.267 e. The van der Waals surface area contributed by atoms with Crippen LogP contribution in [0.1, 0.15) is 6.42 Å². The molecule has 1 amide bonds. The van der Waals surface area contributed by atoms with E-state index in [1.165, 1.54) is 6.20 Å². The zero-order valence-corrected chi connectivity index (χ0v) is 11.9. The lowest BCUT2D eigenvalue weighted by Gasteiger charge is -2.06. The van der Waals surface area contributed by atoms with Crippen LogP contribution >= 0.6 is 11.6 Å². The predicted octanol–water partition coefficient (Wildman–Crippen LogP) is 2.26. The zero-order valence-electron chi connectivity index (χ0n) is 11.1. The molecule has 0 spiro atoms. The quantitative estimate of drug-likeness (QED) is 0.350. The number of benzene rings is 1. The maximum Gasteiger partial charge on any atom is 0.267 e. The Morgan fingerprint density at radius 1 is 1.45 bits per heavy atom. The second-order valence-electron chi connectivity index (χ2n) is 3.85. The van der Waals surface area contributed by atoms with Crippen LogP contribution in [0.2, 0.25) is 0 Å². The van der Waals surface area contributed by atoms with E-state index in [0.717, 1.165) is 6.42 Å². The van der Waals surface area contributed by atoms with Crippen molar-refractivity contribution in [2.45, 2.75) is 6.42 Å². The lowest BCUT2D eigenvalue weighted by molar-refractivity contribution is -0.112. The first kappa shape index (κ1) is 15.9. The monoisotopic (exact) mass is 293 g/mol. The normalized spacial score (nSPS) is 10.6. The maximum atomic E-state index is 11.9. The molecular weight excluding hydrogens is 278 g/mol. The molecule has 0 saturated carbocycles. The van der Waals surface area contributed by atoms with E-state index in [1.807, 2.05) is 6.07 Å². The number of anilines is 1. The third-order valence-corrected chi connectivity index (χ3v) is 2.68. The second kappa shape index (κ2) is 8.83. The largest absolute Gasteiger partial charge is 0.497 e. The highest BCUT2D eigenvalue weighted by atomic mass is 35.5. The number of methoxy groups -OCH3 is 1. The van der Waals surface area contributed by atoms with Crippen LogP contribution < -0.4 is 15.4 Å². The molecule has 1 rings (SSSR count). The van der Waals surface area contributed by atoms with Gasteiger partial charge in [-0.1, -0.05) is 0 Å². The number of carbonyl (C=O) groups is 1. The molecule has 0 heterocycles. The highest BCUT2D eigenvalue weighted by Gasteiger charge is 2.08. The fourth-order valence-electron chi connectivity index (χ4n) is 1.36. The molecule has 0 saturated heterocycles. The van der Waals surface area contributed by atoms with E-state index in [0.29, 0.717) is 23.9 Å². The molecule has 0 aliphatic carbocycles. The Morgan fingerprint density at radius 3 is 2.70 bits per heavy atom. The van der Waals surface area contributed by atoms with Crippen molar-refractivity contribution in [2.24, 2.45) is 0 Å². The van der Waals surface area contributed by atoms with Crippen LogP contribution in [-0.4, -0.2) is 25.4 Å². The molecule has 0 aliphatic rings. The molecule has 5 nitrogen and oxygen atoms in total. The number of nitrogens with zero attached hydrogens (tertiary/aromatic N) is 1. The van der Waals surface area contributed by atoms with Gasteiger partial charge in [0.15, 0.2) is 0 Å². The fraction of sp³-hybridized carbons (Fsp3) is 0.286. The molecule has 0 aliphatic heterocycles. The average molecular weight is 294 g/mol. The highest BCUT2D eigenvalue weighted by Crippen LogP contribution is 2.15. The number of hydrogen-bond acceptors (Lipinski definition) is 4. The summed E-state index contributed by atoms with van der Waals surface area (Å²) in [6, 6.07) is 8.71. The SMILES string of the molecule is COc1ccc(NC(=O)/C(C#N)=C\NCCCCl)cc1. The van der Waals surface area contributed by atoms with Crippen LogP contribution in [0.3, 0.4) is 0 Å². The summed E-state index contributed by atoms with van der Waals surface area (Å²) in [5, 5.41) is 14.5. The van der Waals surface area contributed by atoms with Gasteiger partial charge in [0.25, 0.3) is 5.91 Å². The van der Waals surface area contributed by atoms with E-state index < -0.39 is 5.91 Å². The number of nitriles is 1. The molecule has 1 aromatic carbocycles. The zero-order chi connectivity index (χ0) is 14.8. The number of nitrogens with one attached hydrogen (secondary N) is 2. The Labute approximate surface area is 123 Å². The maximum absolute atomic E-state index is 11.9. The van der Waals surface area contributed by atoms with Crippen molar-refractivity contribution in [2.75, 3.05) is 24.9 Å². The molecule has 1 aromatic rings. The summed E-state index contributed by atoms with van der Waals surface area (Å²) in [6.07, 6.45) is 2.16. The van der Waals surface area contributed by atoms with Gasteiger partial charge in [0.05, 0.1) is 7.11 Å². The summed E-state index contributed by atoms with van der Waals surface area (Å²) in [5.74, 6) is 0.763. The number of hydrogen-bond donors (Lipinski definition) is 2. The van der Waals surface area contributed by atoms with Crippen molar-refractivity contribution < 1.29 is 9.53 Å². The van der Waals surface area contributed by atoms with Gasteiger partial charge < -0.3 is 15.4 Å².